The highest BCUT2D eigenvalue weighted by atomic mass is 16.5. The number of benzene rings is 2. The zero-order valence-electron chi connectivity index (χ0n) is 20.7. The Morgan fingerprint density at radius 1 is 1.00 bits per heavy atom. The molecule has 0 aliphatic heterocycles. The lowest BCUT2D eigenvalue weighted by Crippen LogP contribution is -2.54. The van der Waals surface area contributed by atoms with Crippen molar-refractivity contribution in [3.8, 4) is 17.2 Å². The van der Waals surface area contributed by atoms with Crippen molar-refractivity contribution in [2.45, 2.75) is 59.2 Å². The van der Waals surface area contributed by atoms with Crippen molar-refractivity contribution < 1.29 is 23.8 Å². The van der Waals surface area contributed by atoms with E-state index in [1.807, 2.05) is 58.9 Å². The molecule has 1 atom stereocenters. The van der Waals surface area contributed by atoms with E-state index in [9.17, 15) is 9.59 Å². The van der Waals surface area contributed by atoms with Crippen LogP contribution in [0.2, 0.25) is 0 Å². The molecule has 2 aromatic rings. The number of hydrogen-bond acceptors (Lipinski definition) is 5. The van der Waals surface area contributed by atoms with Gasteiger partial charge in [-0.15, -0.1) is 0 Å². The number of rotatable bonds is 10. The summed E-state index contributed by atoms with van der Waals surface area (Å²) in [7, 11) is 3.10. The molecule has 7 nitrogen and oxygen atoms in total. The third-order valence-electron chi connectivity index (χ3n) is 5.17. The maximum absolute atomic E-state index is 13.4. The molecule has 0 spiro atoms. The third-order valence-corrected chi connectivity index (χ3v) is 5.17. The number of methoxy groups -OCH3 is 2. The highest BCUT2D eigenvalue weighted by Gasteiger charge is 2.31. The number of nitrogens with zero attached hydrogens (tertiary/aromatic N) is 1. The largest absolute Gasteiger partial charge is 0.496 e. The summed E-state index contributed by atoms with van der Waals surface area (Å²) in [4.78, 5) is 28.0. The van der Waals surface area contributed by atoms with Crippen molar-refractivity contribution in [2.24, 2.45) is 0 Å². The first kappa shape index (κ1) is 26.0. The molecule has 0 heterocycles. The number of carbonyl (C=O) groups excluding carboxylic acids is 2. The van der Waals surface area contributed by atoms with Crippen LogP contribution in [0.1, 0.15) is 45.2 Å². The van der Waals surface area contributed by atoms with Gasteiger partial charge in [-0.2, -0.15) is 0 Å². The zero-order valence-corrected chi connectivity index (χ0v) is 20.7. The minimum atomic E-state index is -0.625. The summed E-state index contributed by atoms with van der Waals surface area (Å²) in [5.74, 6) is 1.10. The van der Waals surface area contributed by atoms with Gasteiger partial charge in [0.15, 0.2) is 6.61 Å². The van der Waals surface area contributed by atoms with E-state index in [1.165, 1.54) is 0 Å². The SMILES string of the molecule is CC[C@H](C(=O)NC(C)(C)C)N(Cc1ccccc1C)C(=O)COc1cc(OC)cc(OC)c1. The first-order valence-corrected chi connectivity index (χ1v) is 11.1. The second-order valence-electron chi connectivity index (χ2n) is 8.95. The molecule has 33 heavy (non-hydrogen) atoms. The van der Waals surface area contributed by atoms with E-state index in [0.717, 1.165) is 11.1 Å². The van der Waals surface area contributed by atoms with E-state index in [0.29, 0.717) is 30.2 Å². The molecule has 0 aliphatic carbocycles. The molecule has 0 saturated carbocycles. The van der Waals surface area contributed by atoms with Crippen LogP contribution in [0.15, 0.2) is 42.5 Å². The van der Waals surface area contributed by atoms with Gasteiger partial charge < -0.3 is 24.4 Å². The van der Waals surface area contributed by atoms with Crippen molar-refractivity contribution in [3.05, 3.63) is 53.6 Å². The van der Waals surface area contributed by atoms with Crippen LogP contribution in [0.3, 0.4) is 0 Å². The lowest BCUT2D eigenvalue weighted by molar-refractivity contribution is -0.143. The van der Waals surface area contributed by atoms with Gasteiger partial charge in [-0.3, -0.25) is 9.59 Å². The Balaban J connectivity index is 2.29. The quantitative estimate of drug-likeness (QED) is 0.582. The van der Waals surface area contributed by atoms with Crippen LogP contribution >= 0.6 is 0 Å². The Morgan fingerprint density at radius 3 is 2.09 bits per heavy atom. The molecule has 2 amide bonds. The average Bonchev–Trinajstić information content (AvgIpc) is 2.77. The summed E-state index contributed by atoms with van der Waals surface area (Å²) in [6.07, 6.45) is 0.479. The average molecular weight is 457 g/mol. The topological polar surface area (TPSA) is 77.1 Å². The third kappa shape index (κ3) is 7.70. The van der Waals surface area contributed by atoms with E-state index in [4.69, 9.17) is 14.2 Å². The molecule has 0 radical (unpaired) electrons. The van der Waals surface area contributed by atoms with Crippen LogP contribution in [-0.2, 0) is 16.1 Å². The van der Waals surface area contributed by atoms with Crippen molar-refractivity contribution in [1.29, 1.82) is 0 Å². The maximum atomic E-state index is 13.4. The molecule has 180 valence electrons. The Kier molecular flexibility index (Phi) is 9.14. The lowest BCUT2D eigenvalue weighted by atomic mass is 10.0. The summed E-state index contributed by atoms with van der Waals surface area (Å²) < 4.78 is 16.3. The molecular weight excluding hydrogens is 420 g/mol. The molecule has 2 aromatic carbocycles. The lowest BCUT2D eigenvalue weighted by Gasteiger charge is -2.33. The van der Waals surface area contributed by atoms with Crippen molar-refractivity contribution in [1.82, 2.24) is 10.2 Å². The second kappa shape index (κ2) is 11.6. The standard InChI is InChI=1S/C26H36N2O5/c1-8-23(25(30)27-26(3,4)5)28(16-19-12-10-9-11-18(19)2)24(29)17-33-22-14-20(31-6)13-21(15-22)32-7/h9-15,23H,8,16-17H2,1-7H3,(H,27,30)/t23-/m1/s1. The summed E-state index contributed by atoms with van der Waals surface area (Å²) >= 11 is 0. The van der Waals surface area contributed by atoms with E-state index < -0.39 is 11.6 Å². The van der Waals surface area contributed by atoms with Gasteiger partial charge >= 0.3 is 0 Å². The number of carbonyl (C=O) groups is 2. The van der Waals surface area contributed by atoms with Crippen molar-refractivity contribution >= 4 is 11.8 Å². The molecule has 2 rings (SSSR count). The van der Waals surface area contributed by atoms with Gasteiger partial charge in [0.25, 0.3) is 5.91 Å². The van der Waals surface area contributed by atoms with E-state index in [2.05, 4.69) is 5.32 Å². The second-order valence-corrected chi connectivity index (χ2v) is 8.95. The van der Waals surface area contributed by atoms with Gasteiger partial charge in [0.2, 0.25) is 5.91 Å². The highest BCUT2D eigenvalue weighted by Crippen LogP contribution is 2.27. The fourth-order valence-electron chi connectivity index (χ4n) is 3.44. The molecule has 7 heteroatoms. The number of nitrogens with one attached hydrogen (secondary N) is 1. The van der Waals surface area contributed by atoms with E-state index >= 15 is 0 Å². The first-order chi connectivity index (χ1) is 15.6. The van der Waals surface area contributed by atoms with E-state index in [1.54, 1.807) is 37.3 Å². The smallest absolute Gasteiger partial charge is 0.261 e. The van der Waals surface area contributed by atoms with Gasteiger partial charge in [0, 0.05) is 30.3 Å². The Labute approximate surface area is 197 Å². The van der Waals surface area contributed by atoms with Gasteiger partial charge in [-0.25, -0.2) is 0 Å². The van der Waals surface area contributed by atoms with Crippen LogP contribution in [0.5, 0.6) is 17.2 Å². The van der Waals surface area contributed by atoms with Crippen LogP contribution in [-0.4, -0.2) is 49.1 Å². The molecule has 0 aliphatic rings. The summed E-state index contributed by atoms with van der Waals surface area (Å²) in [6, 6.07) is 12.3. The molecule has 0 unspecified atom stereocenters. The predicted molar refractivity (Wildman–Crippen MR) is 129 cm³/mol. The van der Waals surface area contributed by atoms with Crippen LogP contribution < -0.4 is 19.5 Å². The molecule has 1 N–H and O–H groups in total. The Bertz CT molecular complexity index is 930. The molecule has 0 fully saturated rings. The van der Waals surface area contributed by atoms with Crippen LogP contribution in [0, 0.1) is 6.92 Å². The highest BCUT2D eigenvalue weighted by molar-refractivity contribution is 5.88. The summed E-state index contributed by atoms with van der Waals surface area (Å²) in [6.45, 7) is 9.75. The van der Waals surface area contributed by atoms with Gasteiger partial charge in [0.1, 0.15) is 23.3 Å². The first-order valence-electron chi connectivity index (χ1n) is 11.1. The fraction of sp³-hybridized carbons (Fsp3) is 0.462. The normalized spacial score (nSPS) is 12.0. The summed E-state index contributed by atoms with van der Waals surface area (Å²) in [5, 5.41) is 3.00. The van der Waals surface area contributed by atoms with E-state index in [-0.39, 0.29) is 18.4 Å². The Morgan fingerprint density at radius 2 is 1.58 bits per heavy atom. The maximum Gasteiger partial charge on any atom is 0.261 e. The minimum Gasteiger partial charge on any atom is -0.496 e. The van der Waals surface area contributed by atoms with Gasteiger partial charge in [0.05, 0.1) is 14.2 Å². The minimum absolute atomic E-state index is 0.185. The predicted octanol–water partition coefficient (Wildman–Crippen LogP) is 4.11. The number of hydrogen-bond donors (Lipinski definition) is 1. The van der Waals surface area contributed by atoms with Crippen molar-refractivity contribution in [2.75, 3.05) is 20.8 Å². The van der Waals surface area contributed by atoms with Gasteiger partial charge in [-0.05, 0) is 45.2 Å². The van der Waals surface area contributed by atoms with Gasteiger partial charge in [-0.1, -0.05) is 31.2 Å². The number of ether oxygens (including phenoxy) is 3. The Hall–Kier alpha value is -3.22. The monoisotopic (exact) mass is 456 g/mol. The number of aryl methyl sites for hydroxylation is 1. The molecular formula is C26H36N2O5. The summed E-state index contributed by atoms with van der Waals surface area (Å²) in [5.41, 5.74) is 1.63. The molecule has 0 saturated heterocycles. The number of amides is 2. The molecule has 0 aromatic heterocycles. The van der Waals surface area contributed by atoms with Crippen LogP contribution in [0.25, 0.3) is 0 Å². The van der Waals surface area contributed by atoms with Crippen LogP contribution in [0.4, 0.5) is 0 Å². The fourth-order valence-corrected chi connectivity index (χ4v) is 3.44. The zero-order chi connectivity index (χ0) is 24.6. The molecule has 0 bridgehead atoms. The van der Waals surface area contributed by atoms with Crippen molar-refractivity contribution in [3.63, 3.8) is 0 Å².